The fraction of sp³-hybridized carbons (Fsp3) is 0.417. The number of hydrogen-bond donors (Lipinski definition) is 0. The minimum atomic E-state index is -0.491. The summed E-state index contributed by atoms with van der Waals surface area (Å²) in [6.07, 6.45) is 2.51. The molecule has 0 spiro atoms. The van der Waals surface area contributed by atoms with E-state index in [4.69, 9.17) is 0 Å². The fourth-order valence-corrected chi connectivity index (χ4v) is 1.05. The Bertz CT molecular complexity index is 401. The van der Waals surface area contributed by atoms with Gasteiger partial charge in [0.2, 0.25) is 5.95 Å². The standard InChI is InChI=1S/C6H9N3.C4H3FN2.CH3F.CH4/c1-4-7-5(2)9-6(3)8-4;5-4-1-2-6-3-7-4;1-2;/h1-3H3;1-3H;1H3;1H4. The molecule has 0 atom stereocenters. The lowest BCUT2D eigenvalue weighted by Gasteiger charge is -1.94. The molecule has 0 saturated carbocycles. The lowest BCUT2D eigenvalue weighted by molar-refractivity contribution is 0.579. The van der Waals surface area contributed by atoms with E-state index in [1.54, 1.807) is 0 Å². The third-order valence-electron chi connectivity index (χ3n) is 1.52. The van der Waals surface area contributed by atoms with Crippen LogP contribution in [-0.4, -0.2) is 32.1 Å². The van der Waals surface area contributed by atoms with E-state index < -0.39 is 5.95 Å². The smallest absolute Gasteiger partial charge is 0.215 e. The van der Waals surface area contributed by atoms with Crippen molar-refractivity contribution < 1.29 is 8.78 Å². The van der Waals surface area contributed by atoms with Crippen molar-refractivity contribution in [2.75, 3.05) is 7.18 Å². The van der Waals surface area contributed by atoms with Gasteiger partial charge >= 0.3 is 0 Å². The number of aryl methyl sites for hydroxylation is 3. The van der Waals surface area contributed by atoms with Crippen molar-refractivity contribution in [3.63, 3.8) is 0 Å². The van der Waals surface area contributed by atoms with Crippen LogP contribution in [0.2, 0.25) is 0 Å². The van der Waals surface area contributed by atoms with E-state index >= 15 is 0 Å². The summed E-state index contributed by atoms with van der Waals surface area (Å²) in [5, 5.41) is 0. The van der Waals surface area contributed by atoms with Crippen molar-refractivity contribution in [1.29, 1.82) is 0 Å². The molecule has 0 saturated heterocycles. The largest absolute Gasteiger partial charge is 0.255 e. The molecule has 7 heteroatoms. The number of hydrogen-bond acceptors (Lipinski definition) is 5. The van der Waals surface area contributed by atoms with Crippen LogP contribution < -0.4 is 0 Å². The van der Waals surface area contributed by atoms with Gasteiger partial charge in [0.25, 0.3) is 0 Å². The van der Waals surface area contributed by atoms with Crippen molar-refractivity contribution >= 4 is 0 Å². The maximum absolute atomic E-state index is 11.8. The first kappa shape index (κ1) is 19.3. The summed E-state index contributed by atoms with van der Waals surface area (Å²) >= 11 is 0. The summed E-state index contributed by atoms with van der Waals surface area (Å²) < 4.78 is 21.3. The molecule has 2 heterocycles. The monoisotopic (exact) mass is 271 g/mol. The normalized spacial score (nSPS) is 8.11. The highest BCUT2D eigenvalue weighted by molar-refractivity contribution is 4.91. The minimum absolute atomic E-state index is 0. The van der Waals surface area contributed by atoms with E-state index in [-0.39, 0.29) is 7.43 Å². The number of rotatable bonds is 0. The lowest BCUT2D eigenvalue weighted by atomic mass is 10.6. The number of halogens is 2. The van der Waals surface area contributed by atoms with Gasteiger partial charge in [-0.2, -0.15) is 4.39 Å². The fourth-order valence-electron chi connectivity index (χ4n) is 1.05. The molecule has 0 aromatic carbocycles. The van der Waals surface area contributed by atoms with Crippen molar-refractivity contribution in [2.24, 2.45) is 0 Å². The number of aromatic nitrogens is 5. The van der Waals surface area contributed by atoms with Gasteiger partial charge < -0.3 is 0 Å². The van der Waals surface area contributed by atoms with Gasteiger partial charge in [0.1, 0.15) is 23.8 Å². The van der Waals surface area contributed by atoms with E-state index in [0.717, 1.165) is 23.8 Å². The average molecular weight is 271 g/mol. The zero-order valence-electron chi connectivity index (χ0n) is 10.7. The molecule has 2 aromatic heterocycles. The average Bonchev–Trinajstić information content (AvgIpc) is 2.31. The topological polar surface area (TPSA) is 64.5 Å². The van der Waals surface area contributed by atoms with E-state index in [9.17, 15) is 8.78 Å². The Kier molecular flexibility index (Phi) is 11.2. The molecular weight excluding hydrogens is 252 g/mol. The Morgan fingerprint density at radius 3 is 1.53 bits per heavy atom. The van der Waals surface area contributed by atoms with Gasteiger partial charge in [-0.05, 0) is 20.8 Å². The zero-order valence-corrected chi connectivity index (χ0v) is 10.7. The van der Waals surface area contributed by atoms with Crippen molar-refractivity contribution in [3.05, 3.63) is 42.0 Å². The van der Waals surface area contributed by atoms with Crippen LogP contribution in [0.3, 0.4) is 0 Å². The predicted octanol–water partition coefficient (Wildman–Crippen LogP) is 2.63. The van der Waals surface area contributed by atoms with E-state index in [1.165, 1.54) is 12.3 Å². The minimum Gasteiger partial charge on any atom is -0.255 e. The Balaban J connectivity index is 0. The van der Waals surface area contributed by atoms with Crippen LogP contribution >= 0.6 is 0 Å². The molecule has 2 aromatic rings. The molecule has 0 aliphatic carbocycles. The summed E-state index contributed by atoms with van der Waals surface area (Å²) in [6, 6.07) is 1.19. The predicted molar refractivity (Wildman–Crippen MR) is 69.8 cm³/mol. The van der Waals surface area contributed by atoms with Crippen molar-refractivity contribution in [3.8, 4) is 0 Å². The molecule has 0 amide bonds. The molecule has 106 valence electrons. The van der Waals surface area contributed by atoms with Crippen molar-refractivity contribution in [2.45, 2.75) is 28.2 Å². The van der Waals surface area contributed by atoms with E-state index in [1.807, 2.05) is 20.8 Å². The third kappa shape index (κ3) is 9.63. The highest BCUT2D eigenvalue weighted by Gasteiger charge is 1.91. The van der Waals surface area contributed by atoms with Crippen molar-refractivity contribution in [1.82, 2.24) is 24.9 Å². The molecule has 19 heavy (non-hydrogen) atoms. The molecule has 2 rings (SSSR count). The second kappa shape index (κ2) is 11.1. The summed E-state index contributed by atoms with van der Waals surface area (Å²) in [5.41, 5.74) is 0. The van der Waals surface area contributed by atoms with Gasteiger partial charge in [-0.25, -0.2) is 24.9 Å². The summed E-state index contributed by atoms with van der Waals surface area (Å²) in [4.78, 5) is 18.7. The highest BCUT2D eigenvalue weighted by Crippen LogP contribution is 1.90. The molecule has 0 bridgehead atoms. The Morgan fingerprint density at radius 2 is 1.32 bits per heavy atom. The Labute approximate surface area is 112 Å². The van der Waals surface area contributed by atoms with Gasteiger partial charge in [0.05, 0.1) is 7.18 Å². The van der Waals surface area contributed by atoms with Crippen LogP contribution in [0.25, 0.3) is 0 Å². The molecule has 0 aliphatic heterocycles. The van der Waals surface area contributed by atoms with Gasteiger partial charge in [-0.1, -0.05) is 7.43 Å². The lowest BCUT2D eigenvalue weighted by Crippen LogP contribution is -1.97. The summed E-state index contributed by atoms with van der Waals surface area (Å²) in [7, 11) is 0.500. The van der Waals surface area contributed by atoms with Gasteiger partial charge in [-0.15, -0.1) is 0 Å². The maximum atomic E-state index is 11.8. The van der Waals surface area contributed by atoms with Crippen LogP contribution in [0.1, 0.15) is 24.9 Å². The molecular formula is C12H19F2N5. The Hall–Kier alpha value is -2.05. The Morgan fingerprint density at radius 1 is 0.895 bits per heavy atom. The first-order valence-corrected chi connectivity index (χ1v) is 5.03. The molecule has 0 aliphatic rings. The molecule has 0 fully saturated rings. The van der Waals surface area contributed by atoms with Crippen LogP contribution in [0, 0.1) is 26.7 Å². The van der Waals surface area contributed by atoms with Crippen LogP contribution in [0.4, 0.5) is 8.78 Å². The van der Waals surface area contributed by atoms with E-state index in [0.29, 0.717) is 7.18 Å². The van der Waals surface area contributed by atoms with Crippen LogP contribution in [0.15, 0.2) is 18.6 Å². The molecule has 0 radical (unpaired) electrons. The molecule has 0 N–H and O–H groups in total. The first-order valence-electron chi connectivity index (χ1n) is 5.03. The third-order valence-corrected chi connectivity index (χ3v) is 1.52. The van der Waals surface area contributed by atoms with Crippen LogP contribution in [-0.2, 0) is 0 Å². The maximum Gasteiger partial charge on any atom is 0.215 e. The quantitative estimate of drug-likeness (QED) is 0.689. The molecule has 0 unspecified atom stereocenters. The van der Waals surface area contributed by atoms with Gasteiger partial charge in [-0.3, -0.25) is 4.39 Å². The van der Waals surface area contributed by atoms with Crippen LogP contribution in [0.5, 0.6) is 0 Å². The van der Waals surface area contributed by atoms with Gasteiger partial charge in [0, 0.05) is 12.3 Å². The second-order valence-electron chi connectivity index (χ2n) is 3.01. The number of alkyl halides is 1. The first-order chi connectivity index (χ1) is 8.58. The second-order valence-corrected chi connectivity index (χ2v) is 3.01. The van der Waals surface area contributed by atoms with Gasteiger partial charge in [0.15, 0.2) is 0 Å². The molecule has 5 nitrogen and oxygen atoms in total. The number of nitrogens with zero attached hydrogens (tertiary/aromatic N) is 5. The zero-order chi connectivity index (χ0) is 14.0. The summed E-state index contributed by atoms with van der Waals surface area (Å²) in [6.45, 7) is 5.59. The summed E-state index contributed by atoms with van der Waals surface area (Å²) in [5.74, 6) is 1.88. The van der Waals surface area contributed by atoms with E-state index in [2.05, 4.69) is 24.9 Å². The SMILES string of the molecule is C.CF.Cc1nc(C)nc(C)n1.Fc1ccncn1. The highest BCUT2D eigenvalue weighted by atomic mass is 19.1.